The van der Waals surface area contributed by atoms with Gasteiger partial charge in [-0.25, -0.2) is 4.79 Å². The minimum absolute atomic E-state index is 0.153. The maximum Gasteiger partial charge on any atom is 0.357 e. The van der Waals surface area contributed by atoms with Crippen LogP contribution >= 0.6 is 0 Å². The number of nitrogens with zero attached hydrogens (tertiary/aromatic N) is 2. The van der Waals surface area contributed by atoms with Gasteiger partial charge in [-0.1, -0.05) is 6.07 Å². The molecule has 16 heavy (non-hydrogen) atoms. The van der Waals surface area contributed by atoms with Crippen molar-refractivity contribution in [2.45, 2.75) is 0 Å². The van der Waals surface area contributed by atoms with Crippen LogP contribution in [0.1, 0.15) is 16.1 Å². The predicted octanol–water partition coefficient (Wildman–Crippen LogP) is 1.18. The van der Waals surface area contributed by atoms with E-state index >= 15 is 0 Å². The highest BCUT2D eigenvalue weighted by Crippen LogP contribution is 2.25. The first-order valence-electron chi connectivity index (χ1n) is 4.57. The number of nitriles is 1. The van der Waals surface area contributed by atoms with E-state index in [2.05, 4.69) is 4.74 Å². The minimum Gasteiger partial charge on any atom is -0.464 e. The maximum atomic E-state index is 11.5. The number of anilines is 1. The summed E-state index contributed by atoms with van der Waals surface area (Å²) >= 11 is 0. The summed E-state index contributed by atoms with van der Waals surface area (Å²) in [5, 5.41) is 8.99. The number of methoxy groups -OCH3 is 1. The van der Waals surface area contributed by atoms with Crippen LogP contribution < -0.4 is 5.73 Å². The number of nitrogen functional groups attached to an aromatic ring is 1. The first kappa shape index (κ1) is 10.1. The van der Waals surface area contributed by atoms with Crippen LogP contribution in [0.4, 0.5) is 5.69 Å². The highest BCUT2D eigenvalue weighted by molar-refractivity contribution is 5.98. The Bertz CT molecular complexity index is 607. The Kier molecular flexibility index (Phi) is 2.25. The lowest BCUT2D eigenvalue weighted by Crippen LogP contribution is -2.07. The lowest BCUT2D eigenvalue weighted by molar-refractivity contribution is 0.0594. The normalized spacial score (nSPS) is 10.0. The number of fused-ring (bicyclic) bond motifs is 1. The molecule has 0 aliphatic rings. The molecule has 2 aromatic rings. The molecule has 2 rings (SSSR count). The molecule has 2 aromatic heterocycles. The zero-order chi connectivity index (χ0) is 11.7. The fourth-order valence-electron chi connectivity index (χ4n) is 1.65. The van der Waals surface area contributed by atoms with Gasteiger partial charge in [0.15, 0.2) is 5.69 Å². The molecular weight excluding hydrogens is 206 g/mol. The molecule has 5 nitrogen and oxygen atoms in total. The standard InChI is InChI=1S/C11H9N3O2/c1-16-11(15)10-9(13)7(6-12)8-4-2-3-5-14(8)10/h2-5H,13H2,1H3. The fourth-order valence-corrected chi connectivity index (χ4v) is 1.65. The average Bonchev–Trinajstić information content (AvgIpc) is 2.60. The summed E-state index contributed by atoms with van der Waals surface area (Å²) in [6.45, 7) is 0. The van der Waals surface area contributed by atoms with Crippen molar-refractivity contribution in [2.24, 2.45) is 0 Å². The van der Waals surface area contributed by atoms with Crippen LogP contribution in [0.2, 0.25) is 0 Å². The van der Waals surface area contributed by atoms with Crippen LogP contribution in [-0.4, -0.2) is 17.5 Å². The molecule has 5 heteroatoms. The summed E-state index contributed by atoms with van der Waals surface area (Å²) in [6, 6.07) is 7.23. The number of esters is 1. The van der Waals surface area contributed by atoms with E-state index in [1.54, 1.807) is 28.8 Å². The van der Waals surface area contributed by atoms with Gasteiger partial charge in [-0.05, 0) is 12.1 Å². The summed E-state index contributed by atoms with van der Waals surface area (Å²) in [7, 11) is 1.27. The molecule has 0 amide bonds. The summed E-state index contributed by atoms with van der Waals surface area (Å²) in [4.78, 5) is 11.5. The molecule has 0 fully saturated rings. The van der Waals surface area contributed by atoms with Gasteiger partial charge in [0, 0.05) is 6.20 Å². The zero-order valence-electron chi connectivity index (χ0n) is 8.60. The van der Waals surface area contributed by atoms with Gasteiger partial charge >= 0.3 is 5.97 Å². The summed E-state index contributed by atoms with van der Waals surface area (Å²) in [5.41, 5.74) is 6.99. The number of hydrogen-bond donors (Lipinski definition) is 1. The average molecular weight is 215 g/mol. The van der Waals surface area contributed by atoms with Crippen LogP contribution in [0.5, 0.6) is 0 Å². The Hall–Kier alpha value is -2.48. The van der Waals surface area contributed by atoms with E-state index in [4.69, 9.17) is 11.0 Å². The third kappa shape index (κ3) is 1.21. The van der Waals surface area contributed by atoms with Crippen LogP contribution in [0, 0.1) is 11.3 Å². The molecular formula is C11H9N3O2. The number of carbonyl (C=O) groups is 1. The largest absolute Gasteiger partial charge is 0.464 e. The van der Waals surface area contributed by atoms with Gasteiger partial charge in [0.05, 0.1) is 18.3 Å². The van der Waals surface area contributed by atoms with Crippen LogP contribution in [0.25, 0.3) is 5.52 Å². The van der Waals surface area contributed by atoms with Gasteiger partial charge in [-0.2, -0.15) is 5.26 Å². The molecule has 80 valence electrons. The van der Waals surface area contributed by atoms with Crippen molar-refractivity contribution in [3.8, 4) is 6.07 Å². The molecule has 0 bridgehead atoms. The molecule has 0 saturated carbocycles. The van der Waals surface area contributed by atoms with Crippen LogP contribution in [0.3, 0.4) is 0 Å². The van der Waals surface area contributed by atoms with Crippen molar-refractivity contribution >= 4 is 17.2 Å². The molecule has 2 heterocycles. The second-order valence-electron chi connectivity index (χ2n) is 3.20. The van der Waals surface area contributed by atoms with Crippen molar-refractivity contribution in [1.29, 1.82) is 5.26 Å². The van der Waals surface area contributed by atoms with Gasteiger partial charge in [-0.3, -0.25) is 0 Å². The number of aromatic nitrogens is 1. The summed E-state index contributed by atoms with van der Waals surface area (Å²) in [6.07, 6.45) is 1.67. The van der Waals surface area contributed by atoms with Crippen LogP contribution in [-0.2, 0) is 4.74 Å². The number of carbonyl (C=O) groups excluding carboxylic acids is 1. The summed E-state index contributed by atoms with van der Waals surface area (Å²) < 4.78 is 6.19. The predicted molar refractivity (Wildman–Crippen MR) is 57.9 cm³/mol. The van der Waals surface area contributed by atoms with Gasteiger partial charge in [-0.15, -0.1) is 0 Å². The highest BCUT2D eigenvalue weighted by Gasteiger charge is 2.21. The first-order valence-corrected chi connectivity index (χ1v) is 4.57. The highest BCUT2D eigenvalue weighted by atomic mass is 16.5. The van der Waals surface area contributed by atoms with Gasteiger partial charge in [0.25, 0.3) is 0 Å². The molecule has 0 aromatic carbocycles. The van der Waals surface area contributed by atoms with E-state index in [1.165, 1.54) is 7.11 Å². The summed E-state index contributed by atoms with van der Waals surface area (Å²) in [5.74, 6) is -0.555. The molecule has 0 spiro atoms. The third-order valence-electron chi connectivity index (χ3n) is 2.37. The SMILES string of the molecule is COC(=O)c1c(N)c(C#N)c2ccccn12. The molecule has 2 N–H and O–H groups in total. The number of pyridine rings is 1. The van der Waals surface area contributed by atoms with Crippen molar-refractivity contribution in [3.05, 3.63) is 35.7 Å². The smallest absolute Gasteiger partial charge is 0.357 e. The van der Waals surface area contributed by atoms with E-state index in [-0.39, 0.29) is 11.4 Å². The van der Waals surface area contributed by atoms with E-state index in [0.29, 0.717) is 11.1 Å². The lowest BCUT2D eigenvalue weighted by Gasteiger charge is -2.00. The molecule has 0 aliphatic heterocycles. The minimum atomic E-state index is -0.555. The Morgan fingerprint density at radius 3 is 2.94 bits per heavy atom. The van der Waals surface area contributed by atoms with E-state index in [1.807, 2.05) is 6.07 Å². The monoisotopic (exact) mass is 215 g/mol. The van der Waals surface area contributed by atoms with Crippen LogP contribution in [0.15, 0.2) is 24.4 Å². The first-order chi connectivity index (χ1) is 7.70. The van der Waals surface area contributed by atoms with Crippen molar-refractivity contribution in [2.75, 3.05) is 12.8 Å². The second-order valence-corrected chi connectivity index (χ2v) is 3.20. The van der Waals surface area contributed by atoms with E-state index < -0.39 is 5.97 Å². The second kappa shape index (κ2) is 3.59. The lowest BCUT2D eigenvalue weighted by atomic mass is 10.2. The number of rotatable bonds is 1. The molecule has 0 unspecified atom stereocenters. The number of ether oxygens (including phenoxy) is 1. The fraction of sp³-hybridized carbons (Fsp3) is 0.0909. The van der Waals surface area contributed by atoms with E-state index in [9.17, 15) is 4.79 Å². The molecule has 0 aliphatic carbocycles. The molecule has 0 saturated heterocycles. The topological polar surface area (TPSA) is 80.5 Å². The Balaban J connectivity index is 2.89. The molecule has 0 radical (unpaired) electrons. The Labute approximate surface area is 91.7 Å². The van der Waals surface area contributed by atoms with E-state index in [0.717, 1.165) is 0 Å². The molecule has 0 atom stereocenters. The Morgan fingerprint density at radius 2 is 2.31 bits per heavy atom. The Morgan fingerprint density at radius 1 is 1.56 bits per heavy atom. The number of hydrogen-bond acceptors (Lipinski definition) is 4. The van der Waals surface area contributed by atoms with Crippen molar-refractivity contribution in [3.63, 3.8) is 0 Å². The zero-order valence-corrected chi connectivity index (χ0v) is 8.60. The maximum absolute atomic E-state index is 11.5. The van der Waals surface area contributed by atoms with Gasteiger partial charge < -0.3 is 14.9 Å². The van der Waals surface area contributed by atoms with Gasteiger partial charge in [0.2, 0.25) is 0 Å². The van der Waals surface area contributed by atoms with Crippen molar-refractivity contribution < 1.29 is 9.53 Å². The number of nitrogens with two attached hydrogens (primary N) is 1. The van der Waals surface area contributed by atoms with Crippen molar-refractivity contribution in [1.82, 2.24) is 4.40 Å². The third-order valence-corrected chi connectivity index (χ3v) is 2.37. The quantitative estimate of drug-likeness (QED) is 0.724. The van der Waals surface area contributed by atoms with Gasteiger partial charge in [0.1, 0.15) is 11.6 Å².